The van der Waals surface area contributed by atoms with Gasteiger partial charge in [-0.15, -0.1) is 0 Å². The largest absolute Gasteiger partial charge is 0.393 e. The maximum atomic E-state index is 9.10. The van der Waals surface area contributed by atoms with Crippen molar-refractivity contribution in [3.05, 3.63) is 0 Å². The van der Waals surface area contributed by atoms with Gasteiger partial charge < -0.3 is 5.11 Å². The second kappa shape index (κ2) is 4.73. The first kappa shape index (κ1) is 9.96. The topological polar surface area (TPSA) is 20.2 Å². The van der Waals surface area contributed by atoms with Gasteiger partial charge in [0.1, 0.15) is 0 Å². The maximum absolute atomic E-state index is 9.10. The standard InChI is InChI=1S/C9H20O/c1-5-9(7(2)3)6-8(4)10/h7-10H,5-6H2,1-4H3. The summed E-state index contributed by atoms with van der Waals surface area (Å²) in [7, 11) is 0. The molecule has 2 atom stereocenters. The SMILES string of the molecule is CCC(CC(C)O)C(C)C. The second-order valence-corrected chi connectivity index (χ2v) is 3.50. The molecule has 1 nitrogen and oxygen atoms in total. The van der Waals surface area contributed by atoms with Gasteiger partial charge in [-0.05, 0) is 25.2 Å². The minimum absolute atomic E-state index is 0.132. The van der Waals surface area contributed by atoms with Crippen molar-refractivity contribution in [2.75, 3.05) is 0 Å². The van der Waals surface area contributed by atoms with Crippen molar-refractivity contribution in [2.24, 2.45) is 11.8 Å². The molecule has 0 heterocycles. The van der Waals surface area contributed by atoms with Crippen LogP contribution in [0.3, 0.4) is 0 Å². The van der Waals surface area contributed by atoms with Crippen LogP contribution in [-0.4, -0.2) is 11.2 Å². The molecule has 1 heteroatoms. The lowest BCUT2D eigenvalue weighted by Crippen LogP contribution is -2.14. The monoisotopic (exact) mass is 144 g/mol. The van der Waals surface area contributed by atoms with Crippen molar-refractivity contribution >= 4 is 0 Å². The summed E-state index contributed by atoms with van der Waals surface area (Å²) >= 11 is 0. The van der Waals surface area contributed by atoms with E-state index in [1.807, 2.05) is 6.92 Å². The normalized spacial score (nSPS) is 17.4. The summed E-state index contributed by atoms with van der Waals surface area (Å²) in [4.78, 5) is 0. The highest BCUT2D eigenvalue weighted by Crippen LogP contribution is 2.20. The van der Waals surface area contributed by atoms with E-state index in [2.05, 4.69) is 20.8 Å². The first-order valence-electron chi connectivity index (χ1n) is 4.26. The van der Waals surface area contributed by atoms with Gasteiger partial charge in [-0.2, -0.15) is 0 Å². The van der Waals surface area contributed by atoms with Crippen molar-refractivity contribution in [1.82, 2.24) is 0 Å². The van der Waals surface area contributed by atoms with Gasteiger partial charge in [0.15, 0.2) is 0 Å². The van der Waals surface area contributed by atoms with Gasteiger partial charge >= 0.3 is 0 Å². The van der Waals surface area contributed by atoms with Crippen LogP contribution >= 0.6 is 0 Å². The molecule has 0 fully saturated rings. The van der Waals surface area contributed by atoms with Gasteiger partial charge in [-0.3, -0.25) is 0 Å². The molecule has 0 aliphatic carbocycles. The van der Waals surface area contributed by atoms with Crippen LogP contribution in [0, 0.1) is 11.8 Å². The lowest BCUT2D eigenvalue weighted by Gasteiger charge is -2.19. The Kier molecular flexibility index (Phi) is 4.71. The highest BCUT2D eigenvalue weighted by molar-refractivity contribution is 4.63. The molecular formula is C9H20O. The predicted molar refractivity (Wildman–Crippen MR) is 44.9 cm³/mol. The predicted octanol–water partition coefficient (Wildman–Crippen LogP) is 2.44. The molecule has 0 bridgehead atoms. The molecule has 0 aromatic rings. The Balaban J connectivity index is 3.60. The van der Waals surface area contributed by atoms with Crippen molar-refractivity contribution < 1.29 is 5.11 Å². The summed E-state index contributed by atoms with van der Waals surface area (Å²) in [5.41, 5.74) is 0. The van der Waals surface area contributed by atoms with Crippen molar-refractivity contribution in [1.29, 1.82) is 0 Å². The Morgan fingerprint density at radius 2 is 1.70 bits per heavy atom. The molecule has 62 valence electrons. The Morgan fingerprint density at radius 3 is 1.80 bits per heavy atom. The van der Waals surface area contributed by atoms with E-state index in [1.54, 1.807) is 0 Å². The average Bonchev–Trinajstić information content (AvgIpc) is 1.81. The maximum Gasteiger partial charge on any atom is 0.0514 e. The lowest BCUT2D eigenvalue weighted by molar-refractivity contribution is 0.144. The quantitative estimate of drug-likeness (QED) is 0.642. The lowest BCUT2D eigenvalue weighted by atomic mass is 9.88. The summed E-state index contributed by atoms with van der Waals surface area (Å²) in [6, 6.07) is 0. The van der Waals surface area contributed by atoms with Crippen LogP contribution < -0.4 is 0 Å². The third-order valence-electron chi connectivity index (χ3n) is 2.11. The van der Waals surface area contributed by atoms with Crippen LogP contribution in [-0.2, 0) is 0 Å². The number of rotatable bonds is 4. The molecule has 0 radical (unpaired) electrons. The molecule has 0 saturated heterocycles. The molecule has 0 aliphatic heterocycles. The highest BCUT2D eigenvalue weighted by Gasteiger charge is 2.12. The Bertz CT molecular complexity index is 76.8. The van der Waals surface area contributed by atoms with Gasteiger partial charge in [0, 0.05) is 0 Å². The molecule has 0 aliphatic rings. The first-order chi connectivity index (χ1) is 4.57. The van der Waals surface area contributed by atoms with Gasteiger partial charge in [-0.25, -0.2) is 0 Å². The van der Waals surface area contributed by atoms with Gasteiger partial charge in [0.25, 0.3) is 0 Å². The van der Waals surface area contributed by atoms with E-state index in [1.165, 1.54) is 6.42 Å². The zero-order chi connectivity index (χ0) is 8.15. The number of hydrogen-bond acceptors (Lipinski definition) is 1. The van der Waals surface area contributed by atoms with Gasteiger partial charge in [0.05, 0.1) is 6.10 Å². The van der Waals surface area contributed by atoms with Crippen molar-refractivity contribution in [2.45, 2.75) is 46.6 Å². The van der Waals surface area contributed by atoms with Crippen LogP contribution in [0.1, 0.15) is 40.5 Å². The van der Waals surface area contributed by atoms with E-state index in [0.29, 0.717) is 11.8 Å². The van der Waals surface area contributed by atoms with E-state index in [4.69, 9.17) is 5.11 Å². The smallest absolute Gasteiger partial charge is 0.0514 e. The average molecular weight is 144 g/mol. The van der Waals surface area contributed by atoms with Crippen LogP contribution in [0.2, 0.25) is 0 Å². The molecule has 0 aromatic heterocycles. The van der Waals surface area contributed by atoms with Crippen molar-refractivity contribution in [3.63, 3.8) is 0 Å². The Hall–Kier alpha value is -0.0400. The summed E-state index contributed by atoms with van der Waals surface area (Å²) in [6.45, 7) is 8.49. The fraction of sp³-hybridized carbons (Fsp3) is 1.00. The third kappa shape index (κ3) is 3.89. The molecule has 1 N–H and O–H groups in total. The van der Waals surface area contributed by atoms with E-state index >= 15 is 0 Å². The molecule has 0 spiro atoms. The number of hydrogen-bond donors (Lipinski definition) is 1. The summed E-state index contributed by atoms with van der Waals surface area (Å²) in [5.74, 6) is 1.40. The van der Waals surface area contributed by atoms with Crippen LogP contribution in [0.15, 0.2) is 0 Å². The van der Waals surface area contributed by atoms with Gasteiger partial charge in [-0.1, -0.05) is 27.2 Å². The minimum atomic E-state index is -0.132. The molecular weight excluding hydrogens is 124 g/mol. The molecule has 0 amide bonds. The van der Waals surface area contributed by atoms with Crippen molar-refractivity contribution in [3.8, 4) is 0 Å². The molecule has 0 aromatic carbocycles. The first-order valence-corrected chi connectivity index (χ1v) is 4.26. The highest BCUT2D eigenvalue weighted by atomic mass is 16.3. The zero-order valence-electron chi connectivity index (χ0n) is 7.59. The molecule has 0 saturated carbocycles. The summed E-state index contributed by atoms with van der Waals surface area (Å²) < 4.78 is 0. The van der Waals surface area contributed by atoms with Crippen LogP contribution in [0.25, 0.3) is 0 Å². The van der Waals surface area contributed by atoms with Crippen LogP contribution in [0.5, 0.6) is 0 Å². The van der Waals surface area contributed by atoms with Crippen LogP contribution in [0.4, 0.5) is 0 Å². The fourth-order valence-electron chi connectivity index (χ4n) is 1.35. The molecule has 10 heavy (non-hydrogen) atoms. The number of aliphatic hydroxyl groups excluding tert-OH is 1. The Morgan fingerprint density at radius 1 is 1.20 bits per heavy atom. The molecule has 2 unspecified atom stereocenters. The summed E-state index contributed by atoms with van der Waals surface area (Å²) in [5, 5.41) is 9.10. The third-order valence-corrected chi connectivity index (χ3v) is 2.11. The van der Waals surface area contributed by atoms with E-state index in [9.17, 15) is 0 Å². The molecule has 0 rings (SSSR count). The second-order valence-electron chi connectivity index (χ2n) is 3.50. The summed E-state index contributed by atoms with van der Waals surface area (Å²) in [6.07, 6.45) is 2.00. The van der Waals surface area contributed by atoms with Gasteiger partial charge in [0.2, 0.25) is 0 Å². The van der Waals surface area contributed by atoms with E-state index in [0.717, 1.165) is 6.42 Å². The Labute approximate surface area is 64.5 Å². The zero-order valence-corrected chi connectivity index (χ0v) is 7.59. The van der Waals surface area contributed by atoms with E-state index < -0.39 is 0 Å². The van der Waals surface area contributed by atoms with E-state index in [-0.39, 0.29) is 6.10 Å². The minimum Gasteiger partial charge on any atom is -0.393 e. The fourth-order valence-corrected chi connectivity index (χ4v) is 1.35. The number of aliphatic hydroxyl groups is 1.